The minimum atomic E-state index is 0.102. The summed E-state index contributed by atoms with van der Waals surface area (Å²) in [6.45, 7) is 7.04. The molecule has 1 amide bonds. The molecule has 1 fully saturated rings. The van der Waals surface area contributed by atoms with Crippen LogP contribution in [0, 0.1) is 13.8 Å². The van der Waals surface area contributed by atoms with Gasteiger partial charge in [0.05, 0.1) is 0 Å². The van der Waals surface area contributed by atoms with Crippen LogP contribution < -0.4 is 5.32 Å². The maximum Gasteiger partial charge on any atom is 0.248 e. The Morgan fingerprint density at radius 2 is 2.00 bits per heavy atom. The molecule has 0 aliphatic carbocycles. The Morgan fingerprint density at radius 1 is 1.29 bits per heavy atom. The van der Waals surface area contributed by atoms with Crippen molar-refractivity contribution in [2.24, 2.45) is 0 Å². The van der Waals surface area contributed by atoms with Gasteiger partial charge < -0.3 is 15.0 Å². The highest BCUT2D eigenvalue weighted by molar-refractivity contribution is 5.77. The predicted octanol–water partition coefficient (Wildman–Crippen LogP) is 2.03. The molecule has 21 heavy (non-hydrogen) atoms. The number of ether oxygens (including phenoxy) is 1. The number of piperidine rings is 1. The first-order valence-electron chi connectivity index (χ1n) is 7.66. The molecule has 2 rings (SSSR count). The molecule has 1 N–H and O–H groups in total. The van der Waals surface area contributed by atoms with Gasteiger partial charge in [-0.1, -0.05) is 18.2 Å². The van der Waals surface area contributed by atoms with E-state index < -0.39 is 0 Å². The zero-order chi connectivity index (χ0) is 15.2. The SMILES string of the molecule is COCC(=O)N1CCC(NCc2ccc(C)c(C)c2)CC1. The molecule has 1 aromatic rings. The van der Waals surface area contributed by atoms with Gasteiger partial charge in [-0.25, -0.2) is 0 Å². The van der Waals surface area contributed by atoms with E-state index in [4.69, 9.17) is 4.74 Å². The first kappa shape index (κ1) is 16.0. The van der Waals surface area contributed by atoms with Gasteiger partial charge in [-0.05, 0) is 43.4 Å². The first-order chi connectivity index (χ1) is 10.1. The molecule has 4 nitrogen and oxygen atoms in total. The number of rotatable bonds is 5. The first-order valence-corrected chi connectivity index (χ1v) is 7.66. The van der Waals surface area contributed by atoms with E-state index in [2.05, 4.69) is 37.4 Å². The van der Waals surface area contributed by atoms with Crippen LogP contribution in [-0.4, -0.2) is 43.7 Å². The lowest BCUT2D eigenvalue weighted by atomic mass is 10.0. The van der Waals surface area contributed by atoms with E-state index >= 15 is 0 Å². The van der Waals surface area contributed by atoms with Crippen LogP contribution in [0.25, 0.3) is 0 Å². The molecular weight excluding hydrogens is 264 g/mol. The molecule has 1 saturated heterocycles. The summed E-state index contributed by atoms with van der Waals surface area (Å²) in [6, 6.07) is 7.11. The second-order valence-corrected chi connectivity index (χ2v) is 5.89. The van der Waals surface area contributed by atoms with Gasteiger partial charge in [0.2, 0.25) is 5.91 Å². The number of benzene rings is 1. The standard InChI is InChI=1S/C17H26N2O2/c1-13-4-5-15(10-14(13)2)11-18-16-6-8-19(9-7-16)17(20)12-21-3/h4-5,10,16,18H,6-9,11-12H2,1-3H3. The van der Waals surface area contributed by atoms with Gasteiger partial charge in [0.15, 0.2) is 0 Å². The highest BCUT2D eigenvalue weighted by Crippen LogP contribution is 2.13. The van der Waals surface area contributed by atoms with Crippen LogP contribution >= 0.6 is 0 Å². The third-order valence-corrected chi connectivity index (χ3v) is 4.28. The Balaban J connectivity index is 1.76. The third kappa shape index (κ3) is 4.55. The zero-order valence-electron chi connectivity index (χ0n) is 13.3. The van der Waals surface area contributed by atoms with E-state index in [1.807, 2.05) is 4.90 Å². The molecule has 0 radical (unpaired) electrons. The molecule has 1 aliphatic rings. The second-order valence-electron chi connectivity index (χ2n) is 5.89. The van der Waals surface area contributed by atoms with Crippen LogP contribution in [0.15, 0.2) is 18.2 Å². The number of amides is 1. The quantitative estimate of drug-likeness (QED) is 0.902. The van der Waals surface area contributed by atoms with E-state index in [1.165, 1.54) is 16.7 Å². The van der Waals surface area contributed by atoms with Gasteiger partial charge in [0, 0.05) is 32.8 Å². The van der Waals surface area contributed by atoms with Gasteiger partial charge in [-0.3, -0.25) is 4.79 Å². The lowest BCUT2D eigenvalue weighted by Gasteiger charge is -2.32. The minimum Gasteiger partial charge on any atom is -0.375 e. The average Bonchev–Trinajstić information content (AvgIpc) is 2.49. The summed E-state index contributed by atoms with van der Waals surface area (Å²) in [5.41, 5.74) is 4.01. The van der Waals surface area contributed by atoms with Crippen LogP contribution in [-0.2, 0) is 16.1 Å². The minimum absolute atomic E-state index is 0.102. The molecule has 0 saturated carbocycles. The molecule has 0 atom stereocenters. The number of nitrogens with zero attached hydrogens (tertiary/aromatic N) is 1. The van der Waals surface area contributed by atoms with Crippen molar-refractivity contribution < 1.29 is 9.53 Å². The Kier molecular flexibility index (Phi) is 5.76. The highest BCUT2D eigenvalue weighted by atomic mass is 16.5. The van der Waals surface area contributed by atoms with E-state index in [1.54, 1.807) is 7.11 Å². The number of nitrogens with one attached hydrogen (secondary N) is 1. The van der Waals surface area contributed by atoms with Crippen LogP contribution in [0.2, 0.25) is 0 Å². The number of aryl methyl sites for hydroxylation is 2. The fraction of sp³-hybridized carbons (Fsp3) is 0.588. The van der Waals surface area contributed by atoms with Crippen molar-refractivity contribution in [1.29, 1.82) is 0 Å². The van der Waals surface area contributed by atoms with Gasteiger partial charge in [-0.15, -0.1) is 0 Å². The lowest BCUT2D eigenvalue weighted by molar-refractivity contribution is -0.136. The fourth-order valence-corrected chi connectivity index (χ4v) is 2.72. The number of hydrogen-bond acceptors (Lipinski definition) is 3. The molecule has 1 aromatic carbocycles. The van der Waals surface area contributed by atoms with Crippen molar-refractivity contribution in [3.05, 3.63) is 34.9 Å². The Bertz CT molecular complexity index is 480. The van der Waals surface area contributed by atoms with E-state index in [0.717, 1.165) is 32.5 Å². The summed E-state index contributed by atoms with van der Waals surface area (Å²) in [7, 11) is 1.57. The average molecular weight is 290 g/mol. The topological polar surface area (TPSA) is 41.6 Å². The van der Waals surface area contributed by atoms with Crippen molar-refractivity contribution in [3.63, 3.8) is 0 Å². The predicted molar refractivity (Wildman–Crippen MR) is 84.2 cm³/mol. The molecule has 116 valence electrons. The van der Waals surface area contributed by atoms with Crippen molar-refractivity contribution in [2.45, 2.75) is 39.3 Å². The Labute approximate surface area is 127 Å². The summed E-state index contributed by atoms with van der Waals surface area (Å²) in [4.78, 5) is 13.6. The van der Waals surface area contributed by atoms with Gasteiger partial charge in [-0.2, -0.15) is 0 Å². The number of hydrogen-bond donors (Lipinski definition) is 1. The van der Waals surface area contributed by atoms with Crippen LogP contribution in [0.5, 0.6) is 0 Å². The number of likely N-dealkylation sites (tertiary alicyclic amines) is 1. The van der Waals surface area contributed by atoms with Gasteiger partial charge >= 0.3 is 0 Å². The summed E-state index contributed by atoms with van der Waals surface area (Å²) in [5, 5.41) is 3.61. The molecular formula is C17H26N2O2. The molecule has 0 spiro atoms. The summed E-state index contributed by atoms with van der Waals surface area (Å²) < 4.78 is 4.90. The zero-order valence-corrected chi connectivity index (χ0v) is 13.3. The van der Waals surface area contributed by atoms with Crippen molar-refractivity contribution >= 4 is 5.91 Å². The molecule has 0 aromatic heterocycles. The normalized spacial score (nSPS) is 16.2. The van der Waals surface area contributed by atoms with Crippen molar-refractivity contribution in [3.8, 4) is 0 Å². The number of carbonyl (C=O) groups excluding carboxylic acids is 1. The monoisotopic (exact) mass is 290 g/mol. The van der Waals surface area contributed by atoms with Crippen molar-refractivity contribution in [1.82, 2.24) is 10.2 Å². The second kappa shape index (κ2) is 7.57. The molecule has 1 aliphatic heterocycles. The smallest absolute Gasteiger partial charge is 0.248 e. The number of carbonyl (C=O) groups is 1. The van der Waals surface area contributed by atoms with Gasteiger partial charge in [0.1, 0.15) is 6.61 Å². The van der Waals surface area contributed by atoms with E-state index in [9.17, 15) is 4.79 Å². The maximum absolute atomic E-state index is 11.7. The lowest BCUT2D eigenvalue weighted by Crippen LogP contribution is -2.45. The third-order valence-electron chi connectivity index (χ3n) is 4.28. The number of methoxy groups -OCH3 is 1. The van der Waals surface area contributed by atoms with Gasteiger partial charge in [0.25, 0.3) is 0 Å². The van der Waals surface area contributed by atoms with Crippen LogP contribution in [0.4, 0.5) is 0 Å². The Hall–Kier alpha value is -1.39. The molecule has 0 bridgehead atoms. The summed E-state index contributed by atoms with van der Waals surface area (Å²) in [6.07, 6.45) is 2.03. The summed E-state index contributed by atoms with van der Waals surface area (Å²) >= 11 is 0. The van der Waals surface area contributed by atoms with Crippen molar-refractivity contribution in [2.75, 3.05) is 26.8 Å². The fourth-order valence-electron chi connectivity index (χ4n) is 2.72. The summed E-state index contributed by atoms with van der Waals surface area (Å²) in [5.74, 6) is 0.102. The van der Waals surface area contributed by atoms with E-state index in [-0.39, 0.29) is 12.5 Å². The van der Waals surface area contributed by atoms with Crippen LogP contribution in [0.1, 0.15) is 29.5 Å². The molecule has 0 unspecified atom stereocenters. The molecule has 1 heterocycles. The maximum atomic E-state index is 11.7. The molecule has 4 heteroatoms. The Morgan fingerprint density at radius 3 is 2.62 bits per heavy atom. The van der Waals surface area contributed by atoms with E-state index in [0.29, 0.717) is 6.04 Å². The highest BCUT2D eigenvalue weighted by Gasteiger charge is 2.22. The van der Waals surface area contributed by atoms with Crippen LogP contribution in [0.3, 0.4) is 0 Å². The largest absolute Gasteiger partial charge is 0.375 e.